The zero-order chi connectivity index (χ0) is 9.68. The maximum Gasteiger partial charge on any atom is 0.107 e. The Labute approximate surface area is 79.4 Å². The maximum atomic E-state index is 4.28. The van der Waals surface area contributed by atoms with Crippen LogP contribution in [0.15, 0.2) is 6.20 Å². The molecule has 0 aliphatic heterocycles. The Morgan fingerprint density at radius 3 is 2.92 bits per heavy atom. The van der Waals surface area contributed by atoms with E-state index in [9.17, 15) is 0 Å². The number of H-pyrrole nitrogens is 1. The molecule has 0 spiro atoms. The number of likely N-dealkylation sites (N-methyl/N-ethyl adjacent to an activating group) is 1. The van der Waals surface area contributed by atoms with Crippen LogP contribution in [0, 0.1) is 0 Å². The van der Waals surface area contributed by atoms with Gasteiger partial charge in [-0.05, 0) is 21.1 Å². The predicted octanol–water partition coefficient (Wildman–Crippen LogP) is 0.233. The molecule has 2 N–H and O–H groups in total. The first-order valence-electron chi connectivity index (χ1n) is 4.54. The second kappa shape index (κ2) is 4.99. The third-order valence-corrected chi connectivity index (χ3v) is 1.84. The van der Waals surface area contributed by atoms with Gasteiger partial charge in [0.25, 0.3) is 0 Å². The molecule has 1 heterocycles. The first kappa shape index (κ1) is 10.2. The van der Waals surface area contributed by atoms with Crippen molar-refractivity contribution in [2.45, 2.75) is 13.0 Å². The molecular formula is C9H18N4. The van der Waals surface area contributed by atoms with Gasteiger partial charge >= 0.3 is 0 Å². The van der Waals surface area contributed by atoms with E-state index in [1.807, 2.05) is 13.2 Å². The Hall–Kier alpha value is -0.870. The standard InChI is InChI=1S/C9H18N4/c1-10-6-8-7-11-9(12-8)4-5-13(2)3/h7,10H,4-6H2,1-3H3,(H,11,12). The van der Waals surface area contributed by atoms with Crippen LogP contribution in [-0.2, 0) is 13.0 Å². The van der Waals surface area contributed by atoms with Crippen LogP contribution >= 0.6 is 0 Å². The molecule has 0 unspecified atom stereocenters. The van der Waals surface area contributed by atoms with Crippen LogP contribution in [-0.4, -0.2) is 42.6 Å². The summed E-state index contributed by atoms with van der Waals surface area (Å²) in [5.41, 5.74) is 1.15. The van der Waals surface area contributed by atoms with Crippen molar-refractivity contribution < 1.29 is 0 Å². The predicted molar refractivity (Wildman–Crippen MR) is 53.6 cm³/mol. The van der Waals surface area contributed by atoms with E-state index in [-0.39, 0.29) is 0 Å². The van der Waals surface area contributed by atoms with Gasteiger partial charge in [-0.1, -0.05) is 0 Å². The Kier molecular flexibility index (Phi) is 3.92. The van der Waals surface area contributed by atoms with E-state index >= 15 is 0 Å². The SMILES string of the molecule is CNCc1cnc(CCN(C)C)[nH]1. The largest absolute Gasteiger partial charge is 0.345 e. The molecule has 13 heavy (non-hydrogen) atoms. The summed E-state index contributed by atoms with van der Waals surface area (Å²) in [6, 6.07) is 0. The van der Waals surface area contributed by atoms with Crippen LogP contribution in [0.1, 0.15) is 11.5 Å². The second-order valence-corrected chi connectivity index (χ2v) is 3.44. The number of hydrogen-bond acceptors (Lipinski definition) is 3. The first-order chi connectivity index (χ1) is 6.22. The third-order valence-electron chi connectivity index (χ3n) is 1.84. The summed E-state index contributed by atoms with van der Waals surface area (Å²) in [6.07, 6.45) is 2.87. The molecular weight excluding hydrogens is 164 g/mol. The molecule has 0 amide bonds. The van der Waals surface area contributed by atoms with Gasteiger partial charge in [0.15, 0.2) is 0 Å². The minimum Gasteiger partial charge on any atom is -0.345 e. The van der Waals surface area contributed by atoms with Gasteiger partial charge in [0, 0.05) is 31.4 Å². The maximum absolute atomic E-state index is 4.28. The van der Waals surface area contributed by atoms with Crippen molar-refractivity contribution in [2.75, 3.05) is 27.7 Å². The van der Waals surface area contributed by atoms with Gasteiger partial charge in [0.2, 0.25) is 0 Å². The summed E-state index contributed by atoms with van der Waals surface area (Å²) < 4.78 is 0. The van der Waals surface area contributed by atoms with Crippen LogP contribution in [0.3, 0.4) is 0 Å². The molecule has 0 saturated carbocycles. The average Bonchev–Trinajstić information content (AvgIpc) is 2.50. The summed E-state index contributed by atoms with van der Waals surface area (Å²) in [5, 5.41) is 3.08. The second-order valence-electron chi connectivity index (χ2n) is 3.44. The highest BCUT2D eigenvalue weighted by molar-refractivity contribution is 5.01. The van der Waals surface area contributed by atoms with Crippen LogP contribution in [0.4, 0.5) is 0 Å². The van der Waals surface area contributed by atoms with Crippen LogP contribution < -0.4 is 5.32 Å². The highest BCUT2D eigenvalue weighted by Crippen LogP contribution is 1.97. The minimum atomic E-state index is 0.856. The zero-order valence-electron chi connectivity index (χ0n) is 8.59. The van der Waals surface area contributed by atoms with Gasteiger partial charge in [0.05, 0.1) is 0 Å². The Bertz CT molecular complexity index is 242. The van der Waals surface area contributed by atoms with E-state index in [1.54, 1.807) is 0 Å². The number of rotatable bonds is 5. The highest BCUT2D eigenvalue weighted by Gasteiger charge is 1.99. The molecule has 0 radical (unpaired) electrons. The topological polar surface area (TPSA) is 44.0 Å². The Balaban J connectivity index is 2.39. The van der Waals surface area contributed by atoms with Crippen molar-refractivity contribution in [1.29, 1.82) is 0 Å². The molecule has 1 rings (SSSR count). The van der Waals surface area contributed by atoms with Crippen molar-refractivity contribution in [3.63, 3.8) is 0 Å². The number of imidazole rings is 1. The van der Waals surface area contributed by atoms with E-state index in [1.165, 1.54) is 0 Å². The van der Waals surface area contributed by atoms with Gasteiger partial charge < -0.3 is 15.2 Å². The van der Waals surface area contributed by atoms with Crippen LogP contribution in [0.25, 0.3) is 0 Å². The van der Waals surface area contributed by atoms with Crippen LogP contribution in [0.5, 0.6) is 0 Å². The number of aromatic amines is 1. The number of nitrogens with one attached hydrogen (secondary N) is 2. The minimum absolute atomic E-state index is 0.856. The van der Waals surface area contributed by atoms with E-state index < -0.39 is 0 Å². The molecule has 74 valence electrons. The monoisotopic (exact) mass is 182 g/mol. The molecule has 1 aromatic heterocycles. The quantitative estimate of drug-likeness (QED) is 0.685. The molecule has 0 aliphatic carbocycles. The Morgan fingerprint density at radius 1 is 1.54 bits per heavy atom. The third kappa shape index (κ3) is 3.57. The number of hydrogen-bond donors (Lipinski definition) is 2. The summed E-state index contributed by atoms with van der Waals surface area (Å²) in [4.78, 5) is 9.71. The molecule has 0 aliphatic rings. The highest BCUT2D eigenvalue weighted by atomic mass is 15.1. The van der Waals surface area contributed by atoms with E-state index in [4.69, 9.17) is 0 Å². The first-order valence-corrected chi connectivity index (χ1v) is 4.54. The van der Waals surface area contributed by atoms with Gasteiger partial charge in [-0.15, -0.1) is 0 Å². The molecule has 1 aromatic rings. The summed E-state index contributed by atoms with van der Waals surface area (Å²) in [6.45, 7) is 1.89. The lowest BCUT2D eigenvalue weighted by atomic mass is 10.4. The zero-order valence-corrected chi connectivity index (χ0v) is 8.59. The molecule has 0 saturated heterocycles. The van der Waals surface area contributed by atoms with Crippen molar-refractivity contribution in [1.82, 2.24) is 20.2 Å². The van der Waals surface area contributed by atoms with Gasteiger partial charge in [0.1, 0.15) is 5.82 Å². The molecule has 4 heteroatoms. The normalized spacial score (nSPS) is 11.1. The fourth-order valence-electron chi connectivity index (χ4n) is 1.14. The fraction of sp³-hybridized carbons (Fsp3) is 0.667. The molecule has 0 aromatic carbocycles. The smallest absolute Gasteiger partial charge is 0.107 e. The molecule has 0 atom stereocenters. The lowest BCUT2D eigenvalue weighted by Gasteiger charge is -2.06. The Morgan fingerprint density at radius 2 is 2.31 bits per heavy atom. The lowest BCUT2D eigenvalue weighted by Crippen LogP contribution is -2.15. The fourth-order valence-corrected chi connectivity index (χ4v) is 1.14. The summed E-state index contributed by atoms with van der Waals surface area (Å²) in [7, 11) is 6.06. The van der Waals surface area contributed by atoms with Gasteiger partial charge in [-0.2, -0.15) is 0 Å². The molecule has 0 bridgehead atoms. The number of nitrogens with zero attached hydrogens (tertiary/aromatic N) is 2. The van der Waals surface area contributed by atoms with Crippen LogP contribution in [0.2, 0.25) is 0 Å². The van der Waals surface area contributed by atoms with Crippen molar-refractivity contribution in [2.24, 2.45) is 0 Å². The van der Waals surface area contributed by atoms with Crippen molar-refractivity contribution in [3.05, 3.63) is 17.7 Å². The molecule has 0 fully saturated rings. The van der Waals surface area contributed by atoms with E-state index in [0.29, 0.717) is 0 Å². The van der Waals surface area contributed by atoms with E-state index in [0.717, 1.165) is 31.0 Å². The van der Waals surface area contributed by atoms with Gasteiger partial charge in [-0.3, -0.25) is 0 Å². The summed E-state index contributed by atoms with van der Waals surface area (Å²) in [5.74, 6) is 1.07. The summed E-state index contributed by atoms with van der Waals surface area (Å²) >= 11 is 0. The lowest BCUT2D eigenvalue weighted by molar-refractivity contribution is 0.410. The average molecular weight is 182 g/mol. The number of aromatic nitrogens is 2. The van der Waals surface area contributed by atoms with E-state index in [2.05, 4.69) is 34.3 Å². The van der Waals surface area contributed by atoms with Gasteiger partial charge in [-0.25, -0.2) is 4.98 Å². The molecule has 4 nitrogen and oxygen atoms in total. The van der Waals surface area contributed by atoms with Crippen molar-refractivity contribution in [3.8, 4) is 0 Å². The van der Waals surface area contributed by atoms with Crippen molar-refractivity contribution >= 4 is 0 Å².